The monoisotopic (exact) mass is 199 g/mol. The van der Waals surface area contributed by atoms with E-state index in [1.807, 2.05) is 0 Å². The summed E-state index contributed by atoms with van der Waals surface area (Å²) < 4.78 is 9.11. The SMILES string of the molecule is CCNC(=O)OCC#CC(=O)OCC. The van der Waals surface area contributed by atoms with Gasteiger partial charge < -0.3 is 14.8 Å². The first-order valence-electron chi connectivity index (χ1n) is 4.27. The average molecular weight is 199 g/mol. The van der Waals surface area contributed by atoms with E-state index in [0.29, 0.717) is 6.54 Å². The Labute approximate surface area is 82.8 Å². The minimum Gasteiger partial charge on any atom is -0.456 e. The van der Waals surface area contributed by atoms with Crippen molar-refractivity contribution >= 4 is 12.1 Å². The van der Waals surface area contributed by atoms with Crippen LogP contribution in [0.2, 0.25) is 0 Å². The van der Waals surface area contributed by atoms with Crippen LogP contribution in [0.4, 0.5) is 4.79 Å². The predicted octanol–water partition coefficient (Wildman–Crippen LogP) is 0.299. The fraction of sp³-hybridized carbons (Fsp3) is 0.556. The first kappa shape index (κ1) is 12.3. The maximum atomic E-state index is 10.7. The number of hydrogen-bond acceptors (Lipinski definition) is 4. The number of nitrogens with one attached hydrogen (secondary N) is 1. The van der Waals surface area contributed by atoms with E-state index >= 15 is 0 Å². The normalized spacial score (nSPS) is 8.14. The van der Waals surface area contributed by atoms with Crippen molar-refractivity contribution < 1.29 is 19.1 Å². The summed E-state index contributed by atoms with van der Waals surface area (Å²) in [6.45, 7) is 4.11. The summed E-state index contributed by atoms with van der Waals surface area (Å²) >= 11 is 0. The standard InChI is InChI=1S/C9H13NO4/c1-3-10-9(12)14-7-5-6-8(11)13-4-2/h3-4,7H2,1-2H3,(H,10,12). The first-order valence-corrected chi connectivity index (χ1v) is 4.27. The molecule has 5 nitrogen and oxygen atoms in total. The topological polar surface area (TPSA) is 64.6 Å². The number of alkyl carbamates (subject to hydrolysis) is 1. The van der Waals surface area contributed by atoms with Crippen LogP contribution >= 0.6 is 0 Å². The van der Waals surface area contributed by atoms with Crippen molar-refractivity contribution in [1.29, 1.82) is 0 Å². The van der Waals surface area contributed by atoms with E-state index in [1.54, 1.807) is 13.8 Å². The van der Waals surface area contributed by atoms with Crippen molar-refractivity contribution in [3.63, 3.8) is 0 Å². The predicted molar refractivity (Wildman–Crippen MR) is 49.4 cm³/mol. The highest BCUT2D eigenvalue weighted by Gasteiger charge is 1.96. The summed E-state index contributed by atoms with van der Waals surface area (Å²) in [5, 5.41) is 2.41. The fourth-order valence-corrected chi connectivity index (χ4v) is 0.572. The molecule has 0 saturated carbocycles. The number of hydrogen-bond donors (Lipinski definition) is 1. The number of amides is 1. The molecule has 5 heteroatoms. The van der Waals surface area contributed by atoms with E-state index < -0.39 is 12.1 Å². The lowest BCUT2D eigenvalue weighted by molar-refractivity contribution is -0.136. The lowest BCUT2D eigenvalue weighted by Gasteiger charge is -1.99. The van der Waals surface area contributed by atoms with Crippen LogP contribution in [0.25, 0.3) is 0 Å². The fourth-order valence-electron chi connectivity index (χ4n) is 0.572. The Hall–Kier alpha value is -1.70. The number of rotatable bonds is 3. The molecule has 0 saturated heterocycles. The molecule has 0 rings (SSSR count). The highest BCUT2D eigenvalue weighted by Crippen LogP contribution is 1.77. The van der Waals surface area contributed by atoms with Gasteiger partial charge in [-0.15, -0.1) is 0 Å². The zero-order valence-electron chi connectivity index (χ0n) is 8.25. The molecule has 78 valence electrons. The molecule has 0 aromatic rings. The van der Waals surface area contributed by atoms with Gasteiger partial charge in [0.2, 0.25) is 0 Å². The molecule has 0 spiro atoms. The summed E-state index contributed by atoms with van der Waals surface area (Å²) in [6, 6.07) is 0. The second-order valence-corrected chi connectivity index (χ2v) is 2.13. The highest BCUT2D eigenvalue weighted by atomic mass is 16.5. The molecule has 0 unspecified atom stereocenters. The molecular weight excluding hydrogens is 186 g/mol. The van der Waals surface area contributed by atoms with Crippen LogP contribution in [0.15, 0.2) is 0 Å². The van der Waals surface area contributed by atoms with Gasteiger partial charge in [0.25, 0.3) is 0 Å². The molecule has 0 aromatic carbocycles. The van der Waals surface area contributed by atoms with Gasteiger partial charge >= 0.3 is 12.1 Å². The van der Waals surface area contributed by atoms with Crippen LogP contribution in [-0.4, -0.2) is 31.8 Å². The lowest BCUT2D eigenvalue weighted by Crippen LogP contribution is -2.23. The Kier molecular flexibility index (Phi) is 6.96. The van der Waals surface area contributed by atoms with Crippen LogP contribution in [0.3, 0.4) is 0 Å². The molecule has 0 aliphatic rings. The molecule has 0 aliphatic carbocycles. The summed E-state index contributed by atoms with van der Waals surface area (Å²) in [5.74, 6) is 3.90. The Bertz CT molecular complexity index is 251. The smallest absolute Gasteiger partial charge is 0.408 e. The van der Waals surface area contributed by atoms with Crippen molar-refractivity contribution in [1.82, 2.24) is 5.32 Å². The molecule has 14 heavy (non-hydrogen) atoms. The van der Waals surface area contributed by atoms with Gasteiger partial charge in [0.1, 0.15) is 0 Å². The van der Waals surface area contributed by atoms with E-state index in [9.17, 15) is 9.59 Å². The minimum absolute atomic E-state index is 0.120. The minimum atomic E-state index is -0.619. The van der Waals surface area contributed by atoms with E-state index in [0.717, 1.165) is 0 Å². The molecule has 0 fully saturated rings. The third kappa shape index (κ3) is 6.98. The zero-order valence-corrected chi connectivity index (χ0v) is 8.25. The summed E-state index contributed by atoms with van der Waals surface area (Å²) in [7, 11) is 0. The van der Waals surface area contributed by atoms with Crippen molar-refractivity contribution in [2.45, 2.75) is 13.8 Å². The van der Waals surface area contributed by atoms with Crippen LogP contribution in [0, 0.1) is 11.8 Å². The van der Waals surface area contributed by atoms with Crippen LogP contribution in [0.1, 0.15) is 13.8 Å². The number of ether oxygens (including phenoxy) is 2. The maximum absolute atomic E-state index is 10.7. The van der Waals surface area contributed by atoms with Gasteiger partial charge in [-0.25, -0.2) is 9.59 Å². The second kappa shape index (κ2) is 7.92. The molecule has 0 aromatic heterocycles. The largest absolute Gasteiger partial charge is 0.456 e. The molecule has 0 radical (unpaired) electrons. The number of carbonyl (C=O) groups excluding carboxylic acids is 2. The Morgan fingerprint density at radius 1 is 1.29 bits per heavy atom. The molecule has 0 bridgehead atoms. The van der Waals surface area contributed by atoms with E-state index in [2.05, 4.69) is 26.6 Å². The van der Waals surface area contributed by atoms with Gasteiger partial charge in [0.05, 0.1) is 6.61 Å². The first-order chi connectivity index (χ1) is 6.70. The Morgan fingerprint density at radius 3 is 2.57 bits per heavy atom. The van der Waals surface area contributed by atoms with Gasteiger partial charge in [-0.1, -0.05) is 0 Å². The lowest BCUT2D eigenvalue weighted by atomic mass is 10.6. The maximum Gasteiger partial charge on any atom is 0.408 e. The summed E-state index contributed by atoms with van der Waals surface area (Å²) in [6.07, 6.45) is -0.550. The van der Waals surface area contributed by atoms with Crippen LogP contribution in [-0.2, 0) is 14.3 Å². The van der Waals surface area contributed by atoms with E-state index in [-0.39, 0.29) is 13.2 Å². The van der Waals surface area contributed by atoms with Crippen molar-refractivity contribution in [2.24, 2.45) is 0 Å². The van der Waals surface area contributed by atoms with Gasteiger partial charge in [0, 0.05) is 12.5 Å². The van der Waals surface area contributed by atoms with Crippen LogP contribution in [0.5, 0.6) is 0 Å². The molecule has 0 aliphatic heterocycles. The van der Waals surface area contributed by atoms with Gasteiger partial charge in [0.15, 0.2) is 6.61 Å². The zero-order chi connectivity index (χ0) is 10.8. The van der Waals surface area contributed by atoms with Crippen molar-refractivity contribution in [3.05, 3.63) is 0 Å². The molecule has 1 N–H and O–H groups in total. The van der Waals surface area contributed by atoms with Gasteiger partial charge in [-0.05, 0) is 19.8 Å². The van der Waals surface area contributed by atoms with Crippen molar-refractivity contribution in [2.75, 3.05) is 19.8 Å². The molecule has 1 amide bonds. The van der Waals surface area contributed by atoms with Gasteiger partial charge in [-0.2, -0.15) is 0 Å². The third-order valence-electron chi connectivity index (χ3n) is 1.06. The van der Waals surface area contributed by atoms with Gasteiger partial charge in [-0.3, -0.25) is 0 Å². The highest BCUT2D eigenvalue weighted by molar-refractivity contribution is 5.88. The molecule has 0 atom stereocenters. The van der Waals surface area contributed by atoms with Crippen LogP contribution < -0.4 is 5.32 Å². The number of esters is 1. The second-order valence-electron chi connectivity index (χ2n) is 2.13. The Morgan fingerprint density at radius 2 is 2.00 bits per heavy atom. The molecule has 0 heterocycles. The van der Waals surface area contributed by atoms with E-state index in [4.69, 9.17) is 0 Å². The average Bonchev–Trinajstić information content (AvgIpc) is 2.13. The summed E-state index contributed by atoms with van der Waals surface area (Å²) in [4.78, 5) is 21.4. The quantitative estimate of drug-likeness (QED) is 0.403. The summed E-state index contributed by atoms with van der Waals surface area (Å²) in [5.41, 5.74) is 0. The van der Waals surface area contributed by atoms with E-state index in [1.165, 1.54) is 0 Å². The van der Waals surface area contributed by atoms with Crippen molar-refractivity contribution in [3.8, 4) is 11.8 Å². The Balaban J connectivity index is 3.61. The number of carbonyl (C=O) groups is 2. The molecular formula is C9H13NO4. The third-order valence-corrected chi connectivity index (χ3v) is 1.06.